The Balaban J connectivity index is 2.71. The van der Waals surface area contributed by atoms with E-state index in [1.807, 2.05) is 4.90 Å². The summed E-state index contributed by atoms with van der Waals surface area (Å²) in [6.45, 7) is 3.60. The van der Waals surface area contributed by atoms with Gasteiger partial charge in [-0.1, -0.05) is 34.5 Å². The van der Waals surface area contributed by atoms with Crippen molar-refractivity contribution in [1.82, 2.24) is 4.90 Å². The van der Waals surface area contributed by atoms with Gasteiger partial charge in [-0.05, 0) is 18.6 Å². The summed E-state index contributed by atoms with van der Waals surface area (Å²) in [7, 11) is 0. The van der Waals surface area contributed by atoms with E-state index in [2.05, 4.69) is 22.9 Å². The molecule has 1 aromatic heterocycles. The minimum absolute atomic E-state index is 0.0770. The molecule has 0 spiro atoms. The summed E-state index contributed by atoms with van der Waals surface area (Å²) in [4.78, 5) is 14.6. The first-order chi connectivity index (χ1) is 7.19. The molecule has 0 bridgehead atoms. The molecule has 0 aliphatic carbocycles. The van der Waals surface area contributed by atoms with Crippen molar-refractivity contribution in [1.29, 1.82) is 0 Å². The molecular formula is C10H13BrClNOS. The van der Waals surface area contributed by atoms with Crippen LogP contribution in [0.4, 0.5) is 0 Å². The molecule has 0 saturated carbocycles. The number of rotatable bonds is 5. The summed E-state index contributed by atoms with van der Waals surface area (Å²) in [5.74, 6) is 0.0770. The number of halogens is 2. The average Bonchev–Trinajstić information content (AvgIpc) is 2.63. The standard InChI is InChI=1S/C10H13BrClNOS/c1-2-6-13(7-5-11)10(14)8-3-4-9(12)15-8/h3-4H,2,5-7H2,1H3. The molecule has 5 heteroatoms. The zero-order valence-corrected chi connectivity index (χ0v) is 11.7. The molecule has 15 heavy (non-hydrogen) atoms. The SMILES string of the molecule is CCCN(CCBr)C(=O)c1ccc(Cl)s1. The van der Waals surface area contributed by atoms with Crippen molar-refractivity contribution < 1.29 is 4.79 Å². The first kappa shape index (κ1) is 13.0. The zero-order valence-electron chi connectivity index (χ0n) is 8.50. The fourth-order valence-corrected chi connectivity index (χ4v) is 2.71. The van der Waals surface area contributed by atoms with E-state index in [0.29, 0.717) is 4.34 Å². The molecule has 0 aromatic carbocycles. The lowest BCUT2D eigenvalue weighted by Gasteiger charge is -2.19. The predicted octanol–water partition coefficient (Wildman–Crippen LogP) is 3.65. The first-order valence-corrected chi connectivity index (χ1v) is 7.11. The van der Waals surface area contributed by atoms with Gasteiger partial charge in [-0.15, -0.1) is 11.3 Å². The van der Waals surface area contributed by atoms with Gasteiger partial charge in [0, 0.05) is 18.4 Å². The Morgan fingerprint density at radius 2 is 2.27 bits per heavy atom. The lowest BCUT2D eigenvalue weighted by atomic mass is 10.3. The molecule has 2 nitrogen and oxygen atoms in total. The van der Waals surface area contributed by atoms with E-state index in [-0.39, 0.29) is 5.91 Å². The van der Waals surface area contributed by atoms with Crippen LogP contribution in [-0.4, -0.2) is 29.2 Å². The number of carbonyl (C=O) groups excluding carboxylic acids is 1. The van der Waals surface area contributed by atoms with Gasteiger partial charge in [0.25, 0.3) is 5.91 Å². The highest BCUT2D eigenvalue weighted by Gasteiger charge is 2.15. The lowest BCUT2D eigenvalue weighted by Crippen LogP contribution is -2.32. The van der Waals surface area contributed by atoms with Crippen LogP contribution in [0.5, 0.6) is 0 Å². The second-order valence-corrected chi connectivity index (χ2v) is 5.59. The van der Waals surface area contributed by atoms with Gasteiger partial charge >= 0.3 is 0 Å². The fraction of sp³-hybridized carbons (Fsp3) is 0.500. The van der Waals surface area contributed by atoms with Gasteiger partial charge in [0.05, 0.1) is 9.21 Å². The smallest absolute Gasteiger partial charge is 0.263 e. The third kappa shape index (κ3) is 3.78. The van der Waals surface area contributed by atoms with Crippen molar-refractivity contribution >= 4 is 44.8 Å². The van der Waals surface area contributed by atoms with Gasteiger partial charge in [0.1, 0.15) is 0 Å². The monoisotopic (exact) mass is 309 g/mol. The van der Waals surface area contributed by atoms with Gasteiger partial charge in [-0.2, -0.15) is 0 Å². The van der Waals surface area contributed by atoms with Crippen LogP contribution in [0.25, 0.3) is 0 Å². The Bertz CT molecular complexity index is 323. The summed E-state index contributed by atoms with van der Waals surface area (Å²) < 4.78 is 0.661. The van der Waals surface area contributed by atoms with Crippen LogP contribution >= 0.6 is 38.9 Å². The molecule has 0 fully saturated rings. The van der Waals surface area contributed by atoms with E-state index < -0.39 is 0 Å². The first-order valence-electron chi connectivity index (χ1n) is 4.79. The summed E-state index contributed by atoms with van der Waals surface area (Å²) in [6.07, 6.45) is 0.970. The molecule has 0 atom stereocenters. The Labute approximate surface area is 107 Å². The number of alkyl halides is 1. The lowest BCUT2D eigenvalue weighted by molar-refractivity contribution is 0.0771. The molecule has 0 aliphatic rings. The number of hydrogen-bond acceptors (Lipinski definition) is 2. The summed E-state index contributed by atoms with van der Waals surface area (Å²) >= 11 is 10.5. The Hall–Kier alpha value is -0.0600. The second-order valence-electron chi connectivity index (χ2n) is 3.08. The molecular weight excluding hydrogens is 298 g/mol. The van der Waals surface area contributed by atoms with Crippen LogP contribution < -0.4 is 0 Å². The van der Waals surface area contributed by atoms with Crippen LogP contribution in [-0.2, 0) is 0 Å². The van der Waals surface area contributed by atoms with Crippen molar-refractivity contribution in [2.24, 2.45) is 0 Å². The molecule has 1 rings (SSSR count). The number of nitrogens with zero attached hydrogens (tertiary/aromatic N) is 1. The van der Waals surface area contributed by atoms with Gasteiger partial charge in [-0.3, -0.25) is 4.79 Å². The van der Waals surface area contributed by atoms with E-state index in [1.54, 1.807) is 12.1 Å². The third-order valence-corrected chi connectivity index (χ3v) is 3.49. The van der Waals surface area contributed by atoms with Crippen molar-refractivity contribution in [3.63, 3.8) is 0 Å². The third-order valence-electron chi connectivity index (χ3n) is 1.92. The Morgan fingerprint density at radius 3 is 2.73 bits per heavy atom. The van der Waals surface area contributed by atoms with E-state index in [0.717, 1.165) is 29.7 Å². The molecule has 0 saturated heterocycles. The molecule has 1 aromatic rings. The topological polar surface area (TPSA) is 20.3 Å². The van der Waals surface area contributed by atoms with Crippen molar-refractivity contribution in [3.8, 4) is 0 Å². The number of carbonyl (C=O) groups is 1. The molecule has 0 radical (unpaired) electrons. The average molecular weight is 311 g/mol. The van der Waals surface area contributed by atoms with Gasteiger partial charge < -0.3 is 4.90 Å². The van der Waals surface area contributed by atoms with Crippen molar-refractivity contribution in [2.75, 3.05) is 18.4 Å². The maximum absolute atomic E-state index is 12.0. The molecule has 0 N–H and O–H groups in total. The van der Waals surface area contributed by atoms with Gasteiger partial charge in [0.15, 0.2) is 0 Å². The van der Waals surface area contributed by atoms with Crippen molar-refractivity contribution in [2.45, 2.75) is 13.3 Å². The minimum Gasteiger partial charge on any atom is -0.337 e. The zero-order chi connectivity index (χ0) is 11.3. The number of amides is 1. The Morgan fingerprint density at radius 1 is 1.53 bits per heavy atom. The maximum Gasteiger partial charge on any atom is 0.263 e. The minimum atomic E-state index is 0.0770. The van der Waals surface area contributed by atoms with Crippen molar-refractivity contribution in [3.05, 3.63) is 21.3 Å². The summed E-state index contributed by atoms with van der Waals surface area (Å²) in [6, 6.07) is 3.55. The van der Waals surface area contributed by atoms with Gasteiger partial charge in [0.2, 0.25) is 0 Å². The summed E-state index contributed by atoms with van der Waals surface area (Å²) in [5.41, 5.74) is 0. The van der Waals surface area contributed by atoms with Crippen LogP contribution in [0.15, 0.2) is 12.1 Å². The highest BCUT2D eigenvalue weighted by molar-refractivity contribution is 9.09. The number of hydrogen-bond donors (Lipinski definition) is 0. The van der Waals surface area contributed by atoms with Crippen LogP contribution in [0.1, 0.15) is 23.0 Å². The largest absolute Gasteiger partial charge is 0.337 e. The molecule has 1 amide bonds. The molecule has 0 unspecified atom stereocenters. The maximum atomic E-state index is 12.0. The molecule has 0 aliphatic heterocycles. The highest BCUT2D eigenvalue weighted by atomic mass is 79.9. The predicted molar refractivity (Wildman–Crippen MR) is 69.3 cm³/mol. The number of thiophene rings is 1. The van der Waals surface area contributed by atoms with E-state index in [9.17, 15) is 4.79 Å². The summed E-state index contributed by atoms with van der Waals surface area (Å²) in [5, 5.41) is 0.803. The van der Waals surface area contributed by atoms with E-state index in [1.165, 1.54) is 11.3 Å². The molecule has 1 heterocycles. The fourth-order valence-electron chi connectivity index (χ4n) is 1.27. The van der Waals surface area contributed by atoms with Crippen LogP contribution in [0, 0.1) is 0 Å². The highest BCUT2D eigenvalue weighted by Crippen LogP contribution is 2.22. The second kappa shape index (κ2) is 6.51. The van der Waals surface area contributed by atoms with E-state index >= 15 is 0 Å². The quantitative estimate of drug-likeness (QED) is 0.760. The normalized spacial score (nSPS) is 10.3. The van der Waals surface area contributed by atoms with E-state index in [4.69, 9.17) is 11.6 Å². The van der Waals surface area contributed by atoms with Crippen LogP contribution in [0.3, 0.4) is 0 Å². The molecule has 84 valence electrons. The Kier molecular flexibility index (Phi) is 5.64. The van der Waals surface area contributed by atoms with Crippen LogP contribution in [0.2, 0.25) is 4.34 Å². The van der Waals surface area contributed by atoms with Gasteiger partial charge in [-0.25, -0.2) is 0 Å².